The molecule has 0 atom stereocenters. The van der Waals surface area contributed by atoms with Gasteiger partial charge in [0.2, 0.25) is 0 Å². The van der Waals surface area contributed by atoms with Crippen LogP contribution in [0.15, 0.2) is 73.1 Å². The highest BCUT2D eigenvalue weighted by Crippen LogP contribution is 2.29. The molecular formula is C56H84N2O6. The molecule has 0 unspecified atom stereocenters. The van der Waals surface area contributed by atoms with Crippen molar-refractivity contribution in [2.45, 2.75) is 195 Å². The third-order valence-corrected chi connectivity index (χ3v) is 11.5. The summed E-state index contributed by atoms with van der Waals surface area (Å²) in [7, 11) is 0. The Balaban J connectivity index is 1.36. The molecule has 0 aliphatic heterocycles. The summed E-state index contributed by atoms with van der Waals surface area (Å²) < 4.78 is 37.7. The minimum atomic E-state index is 0.369. The van der Waals surface area contributed by atoms with Crippen molar-refractivity contribution in [1.82, 2.24) is 9.97 Å². The van der Waals surface area contributed by atoms with Gasteiger partial charge in [-0.1, -0.05) is 156 Å². The van der Waals surface area contributed by atoms with Crippen molar-refractivity contribution in [2.24, 2.45) is 0 Å². The van der Waals surface area contributed by atoms with Crippen molar-refractivity contribution in [3.05, 3.63) is 84.2 Å². The Morgan fingerprint density at radius 1 is 0.297 bits per heavy atom. The van der Waals surface area contributed by atoms with Crippen molar-refractivity contribution < 1.29 is 28.4 Å². The Hall–Kier alpha value is -4.46. The highest BCUT2D eigenvalue weighted by Gasteiger charge is 2.11. The van der Waals surface area contributed by atoms with Gasteiger partial charge >= 0.3 is 0 Å². The highest BCUT2D eigenvalue weighted by atomic mass is 16.5. The zero-order chi connectivity index (χ0) is 45.1. The molecule has 64 heavy (non-hydrogen) atoms. The van der Waals surface area contributed by atoms with Crippen LogP contribution < -0.4 is 28.4 Å². The first-order valence-electron chi connectivity index (χ1n) is 25.6. The molecule has 0 spiro atoms. The number of nitrogens with zero attached hydrogens (tertiary/aromatic N) is 2. The van der Waals surface area contributed by atoms with Crippen molar-refractivity contribution in [2.75, 3.05) is 26.4 Å². The average molecular weight is 881 g/mol. The van der Waals surface area contributed by atoms with Gasteiger partial charge in [0, 0.05) is 36.7 Å². The number of aromatic nitrogens is 2. The number of ether oxygens (including phenoxy) is 6. The van der Waals surface area contributed by atoms with E-state index in [-0.39, 0.29) is 0 Å². The van der Waals surface area contributed by atoms with Crippen LogP contribution in [-0.2, 0) is 13.2 Å². The standard InChI is InChI=1S/C56H84N2O6/c1-5-9-13-17-21-25-33-59-51-37-47(38-52(41-51)60-34-26-22-18-14-10-6-2)45-63-49-29-31-57-55(43-49)56-44-50(30-32-58-56)64-46-48-39-53(61-35-27-23-19-15-11-7-3)42-54(40-48)62-36-28-24-20-16-12-8-4/h29-32,37-44H,5-28,33-36,45-46H2,1-4H3. The number of unbranched alkanes of at least 4 members (excludes halogenated alkanes) is 20. The van der Waals surface area contributed by atoms with E-state index in [9.17, 15) is 0 Å². The maximum absolute atomic E-state index is 6.36. The molecule has 2 aromatic carbocycles. The van der Waals surface area contributed by atoms with Gasteiger partial charge in [-0.3, -0.25) is 9.97 Å². The maximum atomic E-state index is 6.36. The molecule has 0 N–H and O–H groups in total. The molecule has 0 fully saturated rings. The molecule has 0 saturated carbocycles. The van der Waals surface area contributed by atoms with Crippen LogP contribution in [0.3, 0.4) is 0 Å². The summed E-state index contributed by atoms with van der Waals surface area (Å²) in [4.78, 5) is 9.29. The van der Waals surface area contributed by atoms with Crippen LogP contribution in [0.4, 0.5) is 0 Å². The Labute approximate surface area is 388 Å². The van der Waals surface area contributed by atoms with Crippen molar-refractivity contribution in [3.63, 3.8) is 0 Å². The largest absolute Gasteiger partial charge is 0.493 e. The van der Waals surface area contributed by atoms with Crippen LogP contribution in [0, 0.1) is 0 Å². The van der Waals surface area contributed by atoms with Gasteiger partial charge in [0.1, 0.15) is 47.7 Å². The molecule has 0 saturated heterocycles. The van der Waals surface area contributed by atoms with E-state index < -0.39 is 0 Å². The predicted octanol–water partition coefficient (Wildman–Crippen LogP) is 16.3. The normalized spacial score (nSPS) is 11.1. The Kier molecular flexibility index (Phi) is 27.7. The van der Waals surface area contributed by atoms with Gasteiger partial charge in [0.05, 0.1) is 37.8 Å². The fourth-order valence-electron chi connectivity index (χ4n) is 7.67. The molecule has 0 amide bonds. The zero-order valence-electron chi connectivity index (χ0n) is 40.5. The van der Waals surface area contributed by atoms with Gasteiger partial charge in [-0.15, -0.1) is 0 Å². The van der Waals surface area contributed by atoms with E-state index in [2.05, 4.69) is 61.9 Å². The quantitative estimate of drug-likeness (QED) is 0.0410. The van der Waals surface area contributed by atoms with E-state index in [1.165, 1.54) is 128 Å². The van der Waals surface area contributed by atoms with Crippen LogP contribution in [0.1, 0.15) is 193 Å². The molecule has 354 valence electrons. The summed E-state index contributed by atoms with van der Waals surface area (Å²) in [5, 5.41) is 0. The summed E-state index contributed by atoms with van der Waals surface area (Å²) in [6.45, 7) is 12.6. The van der Waals surface area contributed by atoms with Gasteiger partial charge < -0.3 is 28.4 Å². The molecule has 2 heterocycles. The topological polar surface area (TPSA) is 81.2 Å². The van der Waals surface area contributed by atoms with Crippen LogP contribution in [0.5, 0.6) is 34.5 Å². The summed E-state index contributed by atoms with van der Waals surface area (Å²) in [5.41, 5.74) is 3.41. The van der Waals surface area contributed by atoms with E-state index in [4.69, 9.17) is 28.4 Å². The SMILES string of the molecule is CCCCCCCCOc1cc(COc2ccnc(-c3cc(OCc4cc(OCCCCCCCC)cc(OCCCCCCCC)c4)ccn3)c2)cc(OCCCCCCCC)c1. The maximum Gasteiger partial charge on any atom is 0.123 e. The summed E-state index contributed by atoms with van der Waals surface area (Å²) >= 11 is 0. The molecule has 2 aromatic heterocycles. The van der Waals surface area contributed by atoms with E-state index in [1.54, 1.807) is 12.4 Å². The van der Waals surface area contributed by atoms with Gasteiger partial charge in [0.15, 0.2) is 0 Å². The molecule has 0 radical (unpaired) electrons. The zero-order valence-corrected chi connectivity index (χ0v) is 40.5. The van der Waals surface area contributed by atoms with E-state index in [0.29, 0.717) is 62.5 Å². The van der Waals surface area contributed by atoms with Gasteiger partial charge in [-0.25, -0.2) is 0 Å². The highest BCUT2D eigenvalue weighted by molar-refractivity contribution is 5.57. The van der Waals surface area contributed by atoms with Gasteiger partial charge in [-0.05, 0) is 73.2 Å². The first-order chi connectivity index (χ1) is 31.6. The Morgan fingerprint density at radius 3 is 0.875 bits per heavy atom. The van der Waals surface area contributed by atoms with Crippen LogP contribution >= 0.6 is 0 Å². The van der Waals surface area contributed by atoms with Gasteiger partial charge in [0.25, 0.3) is 0 Å². The fraction of sp³-hybridized carbons (Fsp3) is 0.607. The Morgan fingerprint density at radius 2 is 0.578 bits per heavy atom. The number of pyridine rings is 2. The molecular weight excluding hydrogens is 797 g/mol. The van der Waals surface area contributed by atoms with Crippen molar-refractivity contribution in [3.8, 4) is 45.9 Å². The molecule has 8 nitrogen and oxygen atoms in total. The fourth-order valence-corrected chi connectivity index (χ4v) is 7.67. The third-order valence-electron chi connectivity index (χ3n) is 11.5. The first kappa shape index (κ1) is 52.2. The lowest BCUT2D eigenvalue weighted by Crippen LogP contribution is -2.03. The summed E-state index contributed by atoms with van der Waals surface area (Å²) in [5.74, 6) is 4.72. The lowest BCUT2D eigenvalue weighted by atomic mass is 10.1. The van der Waals surface area contributed by atoms with Crippen LogP contribution in [-0.4, -0.2) is 36.4 Å². The second kappa shape index (κ2) is 34.0. The molecule has 4 rings (SSSR count). The molecule has 4 aromatic rings. The minimum Gasteiger partial charge on any atom is -0.493 e. The number of hydrogen-bond acceptors (Lipinski definition) is 8. The van der Waals surface area contributed by atoms with Crippen molar-refractivity contribution in [1.29, 1.82) is 0 Å². The van der Waals surface area contributed by atoms with E-state index in [1.807, 2.05) is 36.4 Å². The summed E-state index contributed by atoms with van der Waals surface area (Å²) in [6.07, 6.45) is 33.0. The van der Waals surface area contributed by atoms with E-state index >= 15 is 0 Å². The number of hydrogen-bond donors (Lipinski definition) is 0. The first-order valence-corrected chi connectivity index (χ1v) is 25.6. The van der Waals surface area contributed by atoms with Crippen molar-refractivity contribution >= 4 is 0 Å². The molecule has 8 heteroatoms. The number of rotatable bonds is 39. The predicted molar refractivity (Wildman–Crippen MR) is 264 cm³/mol. The molecule has 0 aliphatic carbocycles. The second-order valence-corrected chi connectivity index (χ2v) is 17.4. The van der Waals surface area contributed by atoms with Crippen LogP contribution in [0.2, 0.25) is 0 Å². The lowest BCUT2D eigenvalue weighted by Gasteiger charge is -2.14. The van der Waals surface area contributed by atoms with E-state index in [0.717, 1.165) is 59.8 Å². The minimum absolute atomic E-state index is 0.369. The van der Waals surface area contributed by atoms with Crippen LogP contribution in [0.25, 0.3) is 11.4 Å². The second-order valence-electron chi connectivity index (χ2n) is 17.4. The monoisotopic (exact) mass is 881 g/mol. The molecule has 0 bridgehead atoms. The smallest absolute Gasteiger partial charge is 0.123 e. The number of benzene rings is 2. The van der Waals surface area contributed by atoms with Gasteiger partial charge in [-0.2, -0.15) is 0 Å². The summed E-state index contributed by atoms with van der Waals surface area (Å²) in [6, 6.07) is 19.9. The average Bonchev–Trinajstić information content (AvgIpc) is 3.31. The Bertz CT molecular complexity index is 1580. The lowest BCUT2D eigenvalue weighted by molar-refractivity contribution is 0.282. The third kappa shape index (κ3) is 22.9. The molecule has 0 aliphatic rings.